The molecule has 0 spiro atoms. The van der Waals surface area contributed by atoms with Crippen molar-refractivity contribution in [2.24, 2.45) is 11.8 Å². The van der Waals surface area contributed by atoms with Crippen molar-refractivity contribution in [2.45, 2.75) is 71.5 Å². The van der Waals surface area contributed by atoms with Crippen LogP contribution in [0.5, 0.6) is 0 Å². The average Bonchev–Trinajstić information content (AvgIpc) is 2.96. The molecule has 2 aliphatic rings. The highest BCUT2D eigenvalue weighted by Crippen LogP contribution is 2.31. The molecule has 1 aromatic heterocycles. The second-order valence-corrected chi connectivity index (χ2v) is 6.49. The number of aromatic nitrogens is 3. The van der Waals surface area contributed by atoms with Gasteiger partial charge in [0.15, 0.2) is 0 Å². The van der Waals surface area contributed by atoms with Crippen molar-refractivity contribution >= 4 is 0 Å². The molecule has 1 aromatic rings. The Morgan fingerprint density at radius 2 is 2.05 bits per heavy atom. The van der Waals surface area contributed by atoms with E-state index in [4.69, 9.17) is 0 Å². The molecule has 4 nitrogen and oxygen atoms in total. The van der Waals surface area contributed by atoms with Gasteiger partial charge in [0.2, 0.25) is 0 Å². The van der Waals surface area contributed by atoms with Crippen molar-refractivity contribution in [1.82, 2.24) is 20.1 Å². The molecular formula is C15H26N4. The fourth-order valence-corrected chi connectivity index (χ4v) is 3.71. The van der Waals surface area contributed by atoms with Crippen LogP contribution in [0.4, 0.5) is 0 Å². The Morgan fingerprint density at radius 3 is 2.89 bits per heavy atom. The van der Waals surface area contributed by atoms with Crippen LogP contribution in [0.1, 0.15) is 64.1 Å². The standard InChI is InChI=1S/C15H26N4/c1-10-6-4-7-13(11(10)2)16-12(3)15-18-17-14-8-5-9-19(14)15/h10-13,16H,4-9H2,1-3H3. The summed E-state index contributed by atoms with van der Waals surface area (Å²) in [5, 5.41) is 12.5. The highest BCUT2D eigenvalue weighted by molar-refractivity contribution is 5.04. The molecule has 106 valence electrons. The van der Waals surface area contributed by atoms with Crippen molar-refractivity contribution in [3.05, 3.63) is 11.6 Å². The number of rotatable bonds is 3. The molecule has 4 unspecified atom stereocenters. The summed E-state index contributed by atoms with van der Waals surface area (Å²) in [4.78, 5) is 0. The molecule has 3 rings (SSSR count). The van der Waals surface area contributed by atoms with Crippen LogP contribution >= 0.6 is 0 Å². The summed E-state index contributed by atoms with van der Waals surface area (Å²) in [5.74, 6) is 3.91. The van der Waals surface area contributed by atoms with Crippen LogP contribution in [0, 0.1) is 11.8 Å². The molecule has 0 aromatic carbocycles. The molecule has 4 atom stereocenters. The van der Waals surface area contributed by atoms with Gasteiger partial charge < -0.3 is 9.88 Å². The van der Waals surface area contributed by atoms with Gasteiger partial charge in [-0.1, -0.05) is 26.7 Å². The Bertz CT molecular complexity index is 439. The third-order valence-corrected chi connectivity index (χ3v) is 5.20. The summed E-state index contributed by atoms with van der Waals surface area (Å²) in [5.41, 5.74) is 0. The van der Waals surface area contributed by atoms with Crippen LogP contribution in [0.15, 0.2) is 0 Å². The monoisotopic (exact) mass is 262 g/mol. The number of fused-ring (bicyclic) bond motifs is 1. The SMILES string of the molecule is CC(NC1CCCC(C)C1C)c1nnc2n1CCC2. The van der Waals surface area contributed by atoms with Gasteiger partial charge in [-0.05, 0) is 31.6 Å². The Hall–Kier alpha value is -0.900. The maximum absolute atomic E-state index is 4.40. The summed E-state index contributed by atoms with van der Waals surface area (Å²) in [6.07, 6.45) is 6.36. The van der Waals surface area contributed by atoms with E-state index in [2.05, 4.69) is 40.9 Å². The molecule has 1 saturated carbocycles. The lowest BCUT2D eigenvalue weighted by molar-refractivity contribution is 0.194. The lowest BCUT2D eigenvalue weighted by Gasteiger charge is -2.36. The van der Waals surface area contributed by atoms with E-state index in [0.29, 0.717) is 12.1 Å². The highest BCUT2D eigenvalue weighted by Gasteiger charge is 2.29. The van der Waals surface area contributed by atoms with E-state index < -0.39 is 0 Å². The molecular weight excluding hydrogens is 236 g/mol. The lowest BCUT2D eigenvalue weighted by Crippen LogP contribution is -2.42. The zero-order valence-corrected chi connectivity index (χ0v) is 12.4. The van der Waals surface area contributed by atoms with E-state index in [0.717, 1.165) is 30.6 Å². The van der Waals surface area contributed by atoms with E-state index in [1.54, 1.807) is 0 Å². The molecule has 1 aliphatic heterocycles. The summed E-state index contributed by atoms with van der Waals surface area (Å²) in [6, 6.07) is 0.949. The second-order valence-electron chi connectivity index (χ2n) is 6.49. The van der Waals surface area contributed by atoms with E-state index in [1.807, 2.05) is 0 Å². The van der Waals surface area contributed by atoms with Crippen molar-refractivity contribution in [2.75, 3.05) is 0 Å². The summed E-state index contributed by atoms with van der Waals surface area (Å²) in [6.45, 7) is 8.11. The average molecular weight is 262 g/mol. The van der Waals surface area contributed by atoms with Gasteiger partial charge >= 0.3 is 0 Å². The zero-order chi connectivity index (χ0) is 13.4. The fraction of sp³-hybridized carbons (Fsp3) is 0.867. The molecule has 1 aliphatic carbocycles. The first-order valence-electron chi connectivity index (χ1n) is 7.85. The predicted molar refractivity (Wildman–Crippen MR) is 75.9 cm³/mol. The number of nitrogens with zero attached hydrogens (tertiary/aromatic N) is 3. The Kier molecular flexibility index (Phi) is 3.61. The van der Waals surface area contributed by atoms with Gasteiger partial charge in [-0.3, -0.25) is 0 Å². The van der Waals surface area contributed by atoms with E-state index >= 15 is 0 Å². The molecule has 0 amide bonds. The molecule has 0 radical (unpaired) electrons. The molecule has 0 bridgehead atoms. The fourth-order valence-electron chi connectivity index (χ4n) is 3.71. The Balaban J connectivity index is 1.69. The predicted octanol–water partition coefficient (Wildman–Crippen LogP) is 2.70. The Morgan fingerprint density at radius 1 is 1.21 bits per heavy atom. The van der Waals surface area contributed by atoms with Gasteiger partial charge in [0.25, 0.3) is 0 Å². The van der Waals surface area contributed by atoms with Crippen LogP contribution in [0.3, 0.4) is 0 Å². The van der Waals surface area contributed by atoms with Gasteiger partial charge in [0.1, 0.15) is 11.6 Å². The normalized spacial score (nSPS) is 32.3. The quantitative estimate of drug-likeness (QED) is 0.910. The van der Waals surface area contributed by atoms with E-state index in [9.17, 15) is 0 Å². The third kappa shape index (κ3) is 2.42. The van der Waals surface area contributed by atoms with Crippen LogP contribution < -0.4 is 5.32 Å². The van der Waals surface area contributed by atoms with Crippen LogP contribution in [-0.2, 0) is 13.0 Å². The minimum absolute atomic E-state index is 0.317. The minimum Gasteiger partial charge on any atom is -0.314 e. The van der Waals surface area contributed by atoms with Gasteiger partial charge in [-0.2, -0.15) is 0 Å². The molecule has 4 heteroatoms. The van der Waals surface area contributed by atoms with Gasteiger partial charge in [0, 0.05) is 19.0 Å². The van der Waals surface area contributed by atoms with E-state index in [-0.39, 0.29) is 0 Å². The smallest absolute Gasteiger partial charge is 0.149 e. The molecule has 0 saturated heterocycles. The molecule has 19 heavy (non-hydrogen) atoms. The first-order valence-corrected chi connectivity index (χ1v) is 7.85. The van der Waals surface area contributed by atoms with Gasteiger partial charge in [-0.25, -0.2) is 0 Å². The maximum atomic E-state index is 4.40. The zero-order valence-electron chi connectivity index (χ0n) is 12.4. The van der Waals surface area contributed by atoms with Gasteiger partial charge in [0.05, 0.1) is 6.04 Å². The molecule has 2 heterocycles. The Labute approximate surface area is 116 Å². The highest BCUT2D eigenvalue weighted by atomic mass is 15.3. The number of nitrogens with one attached hydrogen (secondary N) is 1. The van der Waals surface area contributed by atoms with E-state index in [1.165, 1.54) is 31.5 Å². The van der Waals surface area contributed by atoms with Crippen molar-refractivity contribution in [1.29, 1.82) is 0 Å². The summed E-state index contributed by atoms with van der Waals surface area (Å²) >= 11 is 0. The minimum atomic E-state index is 0.317. The second kappa shape index (κ2) is 5.23. The largest absolute Gasteiger partial charge is 0.314 e. The van der Waals surface area contributed by atoms with Crippen LogP contribution in [0.25, 0.3) is 0 Å². The first kappa shape index (κ1) is 13.1. The van der Waals surface area contributed by atoms with Crippen LogP contribution in [-0.4, -0.2) is 20.8 Å². The number of aryl methyl sites for hydroxylation is 1. The molecule has 1 N–H and O–H groups in total. The summed E-state index contributed by atoms with van der Waals surface area (Å²) < 4.78 is 2.31. The third-order valence-electron chi connectivity index (χ3n) is 5.20. The van der Waals surface area contributed by atoms with Crippen molar-refractivity contribution < 1.29 is 0 Å². The maximum Gasteiger partial charge on any atom is 0.149 e. The van der Waals surface area contributed by atoms with Crippen molar-refractivity contribution in [3.63, 3.8) is 0 Å². The number of hydrogen-bond donors (Lipinski definition) is 1. The topological polar surface area (TPSA) is 42.7 Å². The summed E-state index contributed by atoms with van der Waals surface area (Å²) in [7, 11) is 0. The lowest BCUT2D eigenvalue weighted by atomic mass is 9.78. The van der Waals surface area contributed by atoms with Gasteiger partial charge in [-0.15, -0.1) is 10.2 Å². The van der Waals surface area contributed by atoms with Crippen molar-refractivity contribution in [3.8, 4) is 0 Å². The molecule has 1 fully saturated rings. The number of hydrogen-bond acceptors (Lipinski definition) is 3. The first-order chi connectivity index (χ1) is 9.16. The van der Waals surface area contributed by atoms with Crippen LogP contribution in [0.2, 0.25) is 0 Å².